The number of thiazole rings is 1. The van der Waals surface area contributed by atoms with Crippen LogP contribution < -0.4 is 15.0 Å². The van der Waals surface area contributed by atoms with E-state index in [1.807, 2.05) is 57.2 Å². The first-order valence-electron chi connectivity index (χ1n) is 10.1. The van der Waals surface area contributed by atoms with Gasteiger partial charge in [-0.2, -0.15) is 0 Å². The van der Waals surface area contributed by atoms with E-state index in [-0.39, 0.29) is 5.91 Å². The van der Waals surface area contributed by atoms with Gasteiger partial charge in [0.15, 0.2) is 5.13 Å². The number of nitrogens with one attached hydrogen (secondary N) is 1. The monoisotopic (exact) mass is 453 g/mol. The third-order valence-electron chi connectivity index (χ3n) is 4.47. The van der Waals surface area contributed by atoms with Crippen LogP contribution >= 0.6 is 11.3 Å². The predicted octanol–water partition coefficient (Wildman–Crippen LogP) is 5.12. The van der Waals surface area contributed by atoms with Crippen molar-refractivity contribution in [3.8, 4) is 16.2 Å². The summed E-state index contributed by atoms with van der Waals surface area (Å²) in [6.45, 7) is 5.78. The second kappa shape index (κ2) is 9.82. The molecule has 3 rings (SSSR count). The van der Waals surface area contributed by atoms with E-state index >= 15 is 0 Å². The zero-order valence-corrected chi connectivity index (χ0v) is 19.7. The number of aromatic nitrogens is 1. The quantitative estimate of drug-likeness (QED) is 0.560. The van der Waals surface area contributed by atoms with Crippen molar-refractivity contribution in [2.45, 2.75) is 32.9 Å². The predicted molar refractivity (Wildman–Crippen MR) is 126 cm³/mol. The molecule has 0 aliphatic carbocycles. The maximum Gasteiger partial charge on any atom is 0.416 e. The Kier molecular flexibility index (Phi) is 7.15. The van der Waals surface area contributed by atoms with Crippen LogP contribution in [-0.4, -0.2) is 36.7 Å². The highest BCUT2D eigenvalue weighted by molar-refractivity contribution is 7.19. The van der Waals surface area contributed by atoms with Gasteiger partial charge in [0.25, 0.3) is 5.91 Å². The van der Waals surface area contributed by atoms with Crippen LogP contribution in [0.4, 0.5) is 9.93 Å². The van der Waals surface area contributed by atoms with Gasteiger partial charge in [-0.05, 0) is 56.2 Å². The Hall–Kier alpha value is -3.39. The van der Waals surface area contributed by atoms with Crippen LogP contribution in [0, 0.1) is 0 Å². The van der Waals surface area contributed by atoms with E-state index in [9.17, 15) is 9.59 Å². The molecule has 2 aromatic carbocycles. The Bertz CT molecular complexity index is 1090. The van der Waals surface area contributed by atoms with Gasteiger partial charge in [-0.3, -0.25) is 4.79 Å². The molecule has 1 N–H and O–H groups in total. The highest BCUT2D eigenvalue weighted by atomic mass is 32.1. The molecule has 3 aromatic rings. The molecule has 0 saturated carbocycles. The lowest BCUT2D eigenvalue weighted by molar-refractivity contribution is 0.0577. The highest BCUT2D eigenvalue weighted by Gasteiger charge is 2.26. The lowest BCUT2D eigenvalue weighted by Gasteiger charge is -2.26. The second-order valence-electron chi connectivity index (χ2n) is 8.08. The van der Waals surface area contributed by atoms with E-state index in [0.29, 0.717) is 17.2 Å². The van der Waals surface area contributed by atoms with Crippen molar-refractivity contribution in [2.75, 3.05) is 19.1 Å². The van der Waals surface area contributed by atoms with Crippen LogP contribution in [0.3, 0.4) is 0 Å². The van der Waals surface area contributed by atoms with Crippen molar-refractivity contribution in [3.05, 3.63) is 65.9 Å². The van der Waals surface area contributed by atoms with E-state index in [2.05, 4.69) is 10.3 Å². The van der Waals surface area contributed by atoms with Crippen LogP contribution in [0.25, 0.3) is 10.4 Å². The number of rotatable bonds is 6. The van der Waals surface area contributed by atoms with Crippen LogP contribution in [0.1, 0.15) is 36.7 Å². The molecular weight excluding hydrogens is 426 g/mol. The molecular formula is C24H27N3O4S. The Morgan fingerprint density at radius 1 is 1.12 bits per heavy atom. The third-order valence-corrected chi connectivity index (χ3v) is 5.54. The van der Waals surface area contributed by atoms with Gasteiger partial charge in [-0.25, -0.2) is 14.7 Å². The minimum atomic E-state index is -0.642. The normalized spacial score (nSPS) is 11.0. The first kappa shape index (κ1) is 23.3. The SMILES string of the molecule is CNC(=O)c1cccc(-c2cnc(N(Cc3ccc(OC)cc3)C(=O)OC(C)(C)C)s2)c1. The molecule has 1 heterocycles. The highest BCUT2D eigenvalue weighted by Crippen LogP contribution is 2.33. The van der Waals surface area contributed by atoms with Crippen molar-refractivity contribution in [1.82, 2.24) is 10.3 Å². The van der Waals surface area contributed by atoms with Gasteiger partial charge in [-0.1, -0.05) is 35.6 Å². The molecule has 0 bridgehead atoms. The molecule has 8 heteroatoms. The molecule has 0 radical (unpaired) electrons. The first-order valence-corrected chi connectivity index (χ1v) is 10.9. The van der Waals surface area contributed by atoms with Gasteiger partial charge in [0.1, 0.15) is 11.4 Å². The molecule has 0 aliphatic rings. The number of carbonyl (C=O) groups is 2. The average molecular weight is 454 g/mol. The van der Waals surface area contributed by atoms with Gasteiger partial charge < -0.3 is 14.8 Å². The Balaban J connectivity index is 1.92. The largest absolute Gasteiger partial charge is 0.497 e. The Morgan fingerprint density at radius 2 is 1.84 bits per heavy atom. The van der Waals surface area contributed by atoms with Crippen LogP contribution in [0.5, 0.6) is 5.75 Å². The number of ether oxygens (including phenoxy) is 2. The molecule has 32 heavy (non-hydrogen) atoms. The topological polar surface area (TPSA) is 80.8 Å². The van der Waals surface area contributed by atoms with Gasteiger partial charge in [0.05, 0.1) is 18.5 Å². The van der Waals surface area contributed by atoms with Crippen LogP contribution in [0.15, 0.2) is 54.7 Å². The molecule has 0 unspecified atom stereocenters. The summed E-state index contributed by atoms with van der Waals surface area (Å²) in [6, 6.07) is 14.8. The number of hydrogen-bond acceptors (Lipinski definition) is 6. The van der Waals surface area contributed by atoms with Crippen LogP contribution in [-0.2, 0) is 11.3 Å². The number of hydrogen-bond donors (Lipinski definition) is 1. The standard InChI is InChI=1S/C24H27N3O4S/c1-24(2,3)31-23(29)27(15-16-9-11-19(30-5)12-10-16)22-26-14-20(32-22)17-7-6-8-18(13-17)21(28)25-4/h6-14H,15H2,1-5H3,(H,25,28). The van der Waals surface area contributed by atoms with E-state index in [1.165, 1.54) is 16.2 Å². The lowest BCUT2D eigenvalue weighted by atomic mass is 10.1. The summed E-state index contributed by atoms with van der Waals surface area (Å²) in [5.74, 6) is 0.580. The number of benzene rings is 2. The number of carbonyl (C=O) groups excluding carboxylic acids is 2. The zero-order chi connectivity index (χ0) is 23.3. The van der Waals surface area contributed by atoms with Crippen molar-refractivity contribution in [1.29, 1.82) is 0 Å². The van der Waals surface area contributed by atoms with Crippen LogP contribution in [0.2, 0.25) is 0 Å². The van der Waals surface area contributed by atoms with Gasteiger partial charge in [0, 0.05) is 18.8 Å². The Morgan fingerprint density at radius 3 is 2.47 bits per heavy atom. The zero-order valence-electron chi connectivity index (χ0n) is 18.8. The van der Waals surface area contributed by atoms with Crippen molar-refractivity contribution < 1.29 is 19.1 Å². The van der Waals surface area contributed by atoms with Crippen molar-refractivity contribution in [3.63, 3.8) is 0 Å². The number of anilines is 1. The maximum atomic E-state index is 13.0. The average Bonchev–Trinajstić information content (AvgIpc) is 3.26. The molecule has 0 atom stereocenters. The van der Waals surface area contributed by atoms with Gasteiger partial charge in [0.2, 0.25) is 0 Å². The fraction of sp³-hybridized carbons (Fsp3) is 0.292. The molecule has 1 aromatic heterocycles. The summed E-state index contributed by atoms with van der Waals surface area (Å²) in [5, 5.41) is 3.14. The fourth-order valence-corrected chi connectivity index (χ4v) is 3.82. The maximum absolute atomic E-state index is 13.0. The van der Waals surface area contributed by atoms with Gasteiger partial charge in [-0.15, -0.1) is 0 Å². The summed E-state index contributed by atoms with van der Waals surface area (Å²) >= 11 is 1.36. The molecule has 0 aliphatic heterocycles. The molecule has 168 valence electrons. The molecule has 0 saturated heterocycles. The number of nitrogens with zero attached hydrogens (tertiary/aromatic N) is 2. The van der Waals surface area contributed by atoms with Crippen molar-refractivity contribution >= 4 is 28.5 Å². The van der Waals surface area contributed by atoms with Crippen molar-refractivity contribution in [2.24, 2.45) is 0 Å². The number of amides is 2. The lowest BCUT2D eigenvalue weighted by Crippen LogP contribution is -2.36. The summed E-state index contributed by atoms with van der Waals surface area (Å²) < 4.78 is 10.8. The molecule has 0 fully saturated rings. The summed E-state index contributed by atoms with van der Waals surface area (Å²) in [5.41, 5.74) is 1.68. The van der Waals surface area contributed by atoms with E-state index in [1.54, 1.807) is 32.5 Å². The molecule has 0 spiro atoms. The van der Waals surface area contributed by atoms with Gasteiger partial charge >= 0.3 is 6.09 Å². The van der Waals surface area contributed by atoms with E-state index < -0.39 is 11.7 Å². The minimum absolute atomic E-state index is 0.161. The summed E-state index contributed by atoms with van der Waals surface area (Å²) in [7, 11) is 3.20. The summed E-state index contributed by atoms with van der Waals surface area (Å²) in [6.07, 6.45) is 1.22. The minimum Gasteiger partial charge on any atom is -0.497 e. The molecule has 7 nitrogen and oxygen atoms in total. The van der Waals surface area contributed by atoms with E-state index in [4.69, 9.17) is 9.47 Å². The third kappa shape index (κ3) is 5.85. The summed E-state index contributed by atoms with van der Waals surface area (Å²) in [4.78, 5) is 31.8. The Labute approximate surface area is 192 Å². The number of methoxy groups -OCH3 is 1. The first-order chi connectivity index (χ1) is 15.2. The van der Waals surface area contributed by atoms with E-state index in [0.717, 1.165) is 21.8 Å². The molecule has 2 amide bonds. The fourth-order valence-electron chi connectivity index (χ4n) is 2.92. The second-order valence-corrected chi connectivity index (χ2v) is 9.09. The smallest absolute Gasteiger partial charge is 0.416 e.